The molecule has 2 aliphatic rings. The largest absolute Gasteiger partial charge is 0.479 e. The second-order valence-electron chi connectivity index (χ2n) is 6.79. The van der Waals surface area contributed by atoms with E-state index in [9.17, 15) is 9.59 Å². The van der Waals surface area contributed by atoms with Gasteiger partial charge in [-0.2, -0.15) is 0 Å². The van der Waals surface area contributed by atoms with Gasteiger partial charge in [-0.3, -0.25) is 4.79 Å². The molecule has 2 fully saturated rings. The van der Waals surface area contributed by atoms with Crippen molar-refractivity contribution < 1.29 is 19.4 Å². The van der Waals surface area contributed by atoms with Gasteiger partial charge < -0.3 is 14.7 Å². The van der Waals surface area contributed by atoms with E-state index in [2.05, 4.69) is 10.3 Å². The van der Waals surface area contributed by atoms with Gasteiger partial charge in [-0.05, 0) is 31.9 Å². The van der Waals surface area contributed by atoms with Crippen molar-refractivity contribution >= 4 is 11.9 Å². The number of carboxylic acids is 1. The smallest absolute Gasteiger partial charge is 0.334 e. The molecule has 1 aliphatic carbocycles. The van der Waals surface area contributed by atoms with Gasteiger partial charge >= 0.3 is 5.97 Å². The maximum absolute atomic E-state index is 13.0. The van der Waals surface area contributed by atoms with Crippen LogP contribution in [0.2, 0.25) is 0 Å². The zero-order chi connectivity index (χ0) is 18.3. The molecule has 4 rings (SSSR count). The molecule has 1 amide bonds. The maximum Gasteiger partial charge on any atom is 0.334 e. The van der Waals surface area contributed by atoms with Gasteiger partial charge in [0.05, 0.1) is 24.5 Å². The fourth-order valence-corrected chi connectivity index (χ4v) is 3.17. The number of hydrogen-bond donors (Lipinski definition) is 1. The molecular formula is C18H20N4O4. The molecule has 1 saturated heterocycles. The van der Waals surface area contributed by atoms with Gasteiger partial charge in [-0.15, -0.1) is 5.10 Å². The van der Waals surface area contributed by atoms with Crippen molar-refractivity contribution in [3.8, 4) is 5.69 Å². The Morgan fingerprint density at radius 2 is 1.96 bits per heavy atom. The number of rotatable bonds is 4. The minimum Gasteiger partial charge on any atom is -0.479 e. The third kappa shape index (κ3) is 3.08. The van der Waals surface area contributed by atoms with E-state index in [4.69, 9.17) is 9.84 Å². The summed E-state index contributed by atoms with van der Waals surface area (Å²) in [5.41, 5.74) is 3.15. The number of carbonyl (C=O) groups is 2. The van der Waals surface area contributed by atoms with Crippen LogP contribution in [-0.2, 0) is 9.53 Å². The summed E-state index contributed by atoms with van der Waals surface area (Å²) < 4.78 is 6.93. The number of hydrogen-bond acceptors (Lipinski definition) is 5. The third-order valence-electron chi connectivity index (χ3n) is 4.78. The Bertz CT molecular complexity index is 841. The lowest BCUT2D eigenvalue weighted by molar-refractivity contribution is -0.154. The topological polar surface area (TPSA) is 97.5 Å². The standard InChI is InChI=1S/C18H20N4O4/c1-11-2-6-13(7-3-11)22-16(12-4-5-12)15(19-20-22)17(23)21-8-9-26-14(10-21)18(24)25/h2-3,6-7,12,14H,4-5,8-10H2,1H3,(H,24,25)/t14-/m0/s1. The van der Waals surface area contributed by atoms with Crippen LogP contribution in [0, 0.1) is 6.92 Å². The Labute approximate surface area is 150 Å². The summed E-state index contributed by atoms with van der Waals surface area (Å²) in [6.07, 6.45) is 1.00. The van der Waals surface area contributed by atoms with E-state index in [0.717, 1.165) is 29.8 Å². The van der Waals surface area contributed by atoms with E-state index in [1.165, 1.54) is 4.90 Å². The summed E-state index contributed by atoms with van der Waals surface area (Å²) in [5, 5.41) is 17.5. The Hall–Kier alpha value is -2.74. The molecule has 8 nitrogen and oxygen atoms in total. The summed E-state index contributed by atoms with van der Waals surface area (Å²) >= 11 is 0. The number of amides is 1. The number of morpholine rings is 1. The highest BCUT2D eigenvalue weighted by Crippen LogP contribution is 2.42. The van der Waals surface area contributed by atoms with Gasteiger partial charge in [0.25, 0.3) is 5.91 Å². The second-order valence-corrected chi connectivity index (χ2v) is 6.79. The van der Waals surface area contributed by atoms with E-state index in [1.54, 1.807) is 4.68 Å². The summed E-state index contributed by atoms with van der Waals surface area (Å²) in [4.78, 5) is 25.6. The normalized spacial score (nSPS) is 20.2. The zero-order valence-electron chi connectivity index (χ0n) is 14.5. The molecule has 1 aliphatic heterocycles. The van der Waals surface area contributed by atoms with Crippen LogP contribution >= 0.6 is 0 Å². The van der Waals surface area contributed by atoms with Crippen LogP contribution in [0.15, 0.2) is 24.3 Å². The van der Waals surface area contributed by atoms with Crippen LogP contribution in [-0.4, -0.2) is 62.7 Å². The first-order chi connectivity index (χ1) is 12.5. The summed E-state index contributed by atoms with van der Waals surface area (Å²) in [7, 11) is 0. The van der Waals surface area contributed by atoms with Crippen molar-refractivity contribution in [1.82, 2.24) is 19.9 Å². The van der Waals surface area contributed by atoms with Crippen LogP contribution in [0.1, 0.15) is 40.5 Å². The quantitative estimate of drug-likeness (QED) is 0.889. The highest BCUT2D eigenvalue weighted by atomic mass is 16.5. The minimum atomic E-state index is -1.06. The predicted octanol–water partition coefficient (Wildman–Crippen LogP) is 1.38. The molecule has 1 aromatic heterocycles. The van der Waals surface area contributed by atoms with Crippen molar-refractivity contribution in [3.63, 3.8) is 0 Å². The lowest BCUT2D eigenvalue weighted by Crippen LogP contribution is -2.48. The average Bonchev–Trinajstić information content (AvgIpc) is 3.40. The zero-order valence-corrected chi connectivity index (χ0v) is 14.5. The first-order valence-corrected chi connectivity index (χ1v) is 8.71. The fourth-order valence-electron chi connectivity index (χ4n) is 3.17. The van der Waals surface area contributed by atoms with Crippen molar-refractivity contribution in [3.05, 3.63) is 41.2 Å². The van der Waals surface area contributed by atoms with Crippen LogP contribution < -0.4 is 0 Å². The van der Waals surface area contributed by atoms with Crippen LogP contribution in [0.3, 0.4) is 0 Å². The number of aromatic nitrogens is 3. The molecule has 1 aromatic carbocycles. The maximum atomic E-state index is 13.0. The van der Waals surface area contributed by atoms with Crippen LogP contribution in [0.5, 0.6) is 0 Å². The molecule has 0 unspecified atom stereocenters. The first kappa shape index (κ1) is 16.7. The Balaban J connectivity index is 1.65. The first-order valence-electron chi connectivity index (χ1n) is 8.71. The number of carbonyl (C=O) groups excluding carboxylic acids is 1. The Morgan fingerprint density at radius 1 is 1.23 bits per heavy atom. The van der Waals surface area contributed by atoms with Gasteiger partial charge in [-0.25, -0.2) is 9.48 Å². The number of aryl methyl sites for hydroxylation is 1. The Morgan fingerprint density at radius 3 is 2.62 bits per heavy atom. The summed E-state index contributed by atoms with van der Waals surface area (Å²) in [6, 6.07) is 7.90. The van der Waals surface area contributed by atoms with Crippen molar-refractivity contribution in [2.45, 2.75) is 31.8 Å². The molecule has 8 heteroatoms. The molecule has 2 heterocycles. The fraction of sp³-hybridized carbons (Fsp3) is 0.444. The van der Waals surface area contributed by atoms with Crippen molar-refractivity contribution in [1.29, 1.82) is 0 Å². The van der Waals surface area contributed by atoms with Gasteiger partial charge in [0, 0.05) is 12.5 Å². The highest BCUT2D eigenvalue weighted by molar-refractivity contribution is 5.94. The third-order valence-corrected chi connectivity index (χ3v) is 4.78. The van der Waals surface area contributed by atoms with Gasteiger partial charge in [0.1, 0.15) is 0 Å². The lowest BCUT2D eigenvalue weighted by Gasteiger charge is -2.30. The minimum absolute atomic E-state index is 0.0235. The number of carboxylic acid groups (broad SMARTS) is 1. The van der Waals surface area contributed by atoms with Gasteiger partial charge in [0.2, 0.25) is 0 Å². The highest BCUT2D eigenvalue weighted by Gasteiger charge is 2.37. The van der Waals surface area contributed by atoms with E-state index < -0.39 is 12.1 Å². The van der Waals surface area contributed by atoms with Gasteiger partial charge in [0.15, 0.2) is 11.8 Å². The molecule has 26 heavy (non-hydrogen) atoms. The molecule has 0 radical (unpaired) electrons. The molecule has 0 bridgehead atoms. The predicted molar refractivity (Wildman–Crippen MR) is 91.4 cm³/mol. The SMILES string of the molecule is Cc1ccc(-n2nnc(C(=O)N3CCO[C@H](C(=O)O)C3)c2C2CC2)cc1. The average molecular weight is 356 g/mol. The van der Waals surface area contributed by atoms with Crippen molar-refractivity contribution in [2.75, 3.05) is 19.7 Å². The summed E-state index contributed by atoms with van der Waals surface area (Å²) in [5.74, 6) is -1.07. The van der Waals surface area contributed by atoms with Crippen LogP contribution in [0.25, 0.3) is 5.69 Å². The van der Waals surface area contributed by atoms with Crippen molar-refractivity contribution in [2.24, 2.45) is 0 Å². The molecule has 1 N–H and O–H groups in total. The Kier molecular flexibility index (Phi) is 4.20. The number of nitrogens with zero attached hydrogens (tertiary/aromatic N) is 4. The molecule has 1 atom stereocenters. The number of benzene rings is 1. The molecule has 2 aromatic rings. The molecular weight excluding hydrogens is 336 g/mol. The second kappa shape index (κ2) is 6.53. The van der Waals surface area contributed by atoms with E-state index >= 15 is 0 Å². The molecule has 136 valence electrons. The lowest BCUT2D eigenvalue weighted by atomic mass is 10.1. The van der Waals surface area contributed by atoms with E-state index in [1.807, 2.05) is 31.2 Å². The van der Waals surface area contributed by atoms with Gasteiger partial charge in [-0.1, -0.05) is 22.9 Å². The monoisotopic (exact) mass is 356 g/mol. The summed E-state index contributed by atoms with van der Waals surface area (Å²) in [6.45, 7) is 2.59. The molecule has 1 saturated carbocycles. The van der Waals surface area contributed by atoms with Crippen LogP contribution in [0.4, 0.5) is 0 Å². The number of aliphatic carboxylic acids is 1. The molecule has 0 spiro atoms. The number of ether oxygens (including phenoxy) is 1. The van der Waals surface area contributed by atoms with E-state index in [-0.39, 0.29) is 25.0 Å². The van der Waals surface area contributed by atoms with E-state index in [0.29, 0.717) is 12.2 Å².